The highest BCUT2D eigenvalue weighted by atomic mass is 16.6. The Labute approximate surface area is 95.5 Å². The van der Waals surface area contributed by atoms with Gasteiger partial charge in [0.05, 0.1) is 20.2 Å². The zero-order valence-corrected chi connectivity index (χ0v) is 10.0. The van der Waals surface area contributed by atoms with Gasteiger partial charge in [0, 0.05) is 5.92 Å². The van der Waals surface area contributed by atoms with E-state index in [1.807, 2.05) is 0 Å². The van der Waals surface area contributed by atoms with Crippen LogP contribution in [0.4, 0.5) is 0 Å². The highest BCUT2D eigenvalue weighted by molar-refractivity contribution is 5.88. The largest absolute Gasteiger partial charge is 0.468 e. The predicted molar refractivity (Wildman–Crippen MR) is 58.5 cm³/mol. The van der Waals surface area contributed by atoms with Crippen LogP contribution in [-0.4, -0.2) is 37.7 Å². The third kappa shape index (κ3) is 9.03. The Kier molecular flexibility index (Phi) is 6.19. The average Bonchev–Trinajstić information content (AvgIpc) is 2.14. The van der Waals surface area contributed by atoms with Crippen molar-refractivity contribution in [3.05, 3.63) is 0 Å². The third-order valence-corrected chi connectivity index (χ3v) is 1.30. The lowest BCUT2D eigenvalue weighted by atomic mass is 10.2. The summed E-state index contributed by atoms with van der Waals surface area (Å²) >= 11 is 0. The topological polar surface area (TPSA) is 64.6 Å². The van der Waals surface area contributed by atoms with Crippen LogP contribution in [0.5, 0.6) is 0 Å². The molecule has 0 aliphatic rings. The Balaban J connectivity index is 3.77. The maximum absolute atomic E-state index is 11.1. The summed E-state index contributed by atoms with van der Waals surface area (Å²) < 4.78 is 9.36. The Bertz CT molecular complexity index is 306. The minimum absolute atomic E-state index is 0.0689. The van der Waals surface area contributed by atoms with Crippen LogP contribution in [0.1, 0.15) is 20.8 Å². The molecule has 0 saturated heterocycles. The van der Waals surface area contributed by atoms with Crippen molar-refractivity contribution in [2.45, 2.75) is 26.4 Å². The van der Waals surface area contributed by atoms with Crippen molar-refractivity contribution in [3.63, 3.8) is 0 Å². The average molecular weight is 227 g/mol. The van der Waals surface area contributed by atoms with E-state index in [-0.39, 0.29) is 19.1 Å². The van der Waals surface area contributed by atoms with E-state index < -0.39 is 11.6 Å². The minimum atomic E-state index is -0.577. The molecule has 16 heavy (non-hydrogen) atoms. The molecular formula is C11H17NO4. The van der Waals surface area contributed by atoms with E-state index in [0.29, 0.717) is 0 Å². The van der Waals surface area contributed by atoms with Gasteiger partial charge >= 0.3 is 11.9 Å². The molecule has 0 heterocycles. The van der Waals surface area contributed by atoms with Crippen LogP contribution >= 0.6 is 0 Å². The number of ether oxygens (including phenoxy) is 2. The van der Waals surface area contributed by atoms with Crippen molar-refractivity contribution >= 4 is 11.9 Å². The second-order valence-corrected chi connectivity index (χ2v) is 3.98. The quantitative estimate of drug-likeness (QED) is 0.320. The van der Waals surface area contributed by atoms with E-state index >= 15 is 0 Å². The van der Waals surface area contributed by atoms with Crippen LogP contribution in [0.15, 0.2) is 0 Å². The molecule has 0 aromatic heterocycles. The minimum Gasteiger partial charge on any atom is -0.468 e. The van der Waals surface area contributed by atoms with Crippen molar-refractivity contribution in [1.82, 2.24) is 5.32 Å². The maximum atomic E-state index is 11.1. The summed E-state index contributed by atoms with van der Waals surface area (Å²) in [6, 6.07) is 0. The van der Waals surface area contributed by atoms with Gasteiger partial charge in [0.25, 0.3) is 0 Å². The summed E-state index contributed by atoms with van der Waals surface area (Å²) in [6.45, 7) is 5.60. The van der Waals surface area contributed by atoms with Gasteiger partial charge in [-0.1, -0.05) is 5.92 Å². The zero-order valence-electron chi connectivity index (χ0n) is 10.0. The molecule has 0 aliphatic carbocycles. The Hall–Kier alpha value is -1.54. The highest BCUT2D eigenvalue weighted by Gasteiger charge is 2.13. The van der Waals surface area contributed by atoms with Crippen LogP contribution in [0, 0.1) is 11.8 Å². The first kappa shape index (κ1) is 14.5. The molecule has 0 spiro atoms. The number of rotatable bonds is 3. The smallest absolute Gasteiger partial charge is 0.384 e. The number of methoxy groups -OCH3 is 1. The summed E-state index contributed by atoms with van der Waals surface area (Å²) in [5, 5.41) is 2.70. The van der Waals surface area contributed by atoms with E-state index in [1.165, 1.54) is 7.11 Å². The molecule has 0 rings (SSSR count). The molecule has 0 atom stereocenters. The van der Waals surface area contributed by atoms with Crippen molar-refractivity contribution in [2.75, 3.05) is 20.2 Å². The van der Waals surface area contributed by atoms with Crippen molar-refractivity contribution < 1.29 is 19.1 Å². The van der Waals surface area contributed by atoms with Gasteiger partial charge in [0.2, 0.25) is 0 Å². The molecule has 0 saturated carbocycles. The van der Waals surface area contributed by atoms with Gasteiger partial charge in [0.15, 0.2) is 0 Å². The molecule has 0 aromatic carbocycles. The summed E-state index contributed by atoms with van der Waals surface area (Å²) in [4.78, 5) is 21.8. The maximum Gasteiger partial charge on any atom is 0.384 e. The molecule has 0 bridgehead atoms. The number of hydrogen-bond donors (Lipinski definition) is 1. The number of hydrogen-bond acceptors (Lipinski definition) is 5. The molecule has 1 N–H and O–H groups in total. The number of carbonyl (C=O) groups is 2. The fraction of sp³-hybridized carbons (Fsp3) is 0.636. The summed E-state index contributed by atoms with van der Waals surface area (Å²) in [6.07, 6.45) is 0. The van der Waals surface area contributed by atoms with Gasteiger partial charge in [0.1, 0.15) is 5.60 Å². The fourth-order valence-electron chi connectivity index (χ4n) is 0.719. The lowest BCUT2D eigenvalue weighted by Gasteiger charge is -2.16. The molecular weight excluding hydrogens is 210 g/mol. The monoisotopic (exact) mass is 227 g/mol. The van der Waals surface area contributed by atoms with Crippen molar-refractivity contribution in [1.29, 1.82) is 0 Å². The molecule has 0 aromatic rings. The Morgan fingerprint density at radius 3 is 2.44 bits per heavy atom. The van der Waals surface area contributed by atoms with Gasteiger partial charge in [-0.3, -0.25) is 10.1 Å². The predicted octanol–water partition coefficient (Wildman–Crippen LogP) is 0.0941. The highest BCUT2D eigenvalue weighted by Crippen LogP contribution is 2.05. The van der Waals surface area contributed by atoms with E-state index in [9.17, 15) is 9.59 Å². The van der Waals surface area contributed by atoms with Crippen molar-refractivity contribution in [3.8, 4) is 11.8 Å². The lowest BCUT2D eigenvalue weighted by molar-refractivity contribution is -0.147. The Morgan fingerprint density at radius 2 is 1.94 bits per heavy atom. The fourth-order valence-corrected chi connectivity index (χ4v) is 0.719. The number of carbonyl (C=O) groups excluding carboxylic acids is 2. The first-order chi connectivity index (χ1) is 7.35. The van der Waals surface area contributed by atoms with E-state index in [1.54, 1.807) is 20.8 Å². The summed E-state index contributed by atoms with van der Waals surface area (Å²) in [5.41, 5.74) is -0.536. The van der Waals surface area contributed by atoms with Gasteiger partial charge in [-0.2, -0.15) is 0 Å². The van der Waals surface area contributed by atoms with Crippen LogP contribution < -0.4 is 5.32 Å². The standard InChI is InChI=1S/C11H17NO4/c1-11(2,3)16-9(13)6-5-7-12-8-10(14)15-4/h12H,7-8H2,1-4H3. The first-order valence-corrected chi connectivity index (χ1v) is 4.84. The van der Waals surface area contributed by atoms with Gasteiger partial charge < -0.3 is 9.47 Å². The number of nitrogens with one attached hydrogen (secondary N) is 1. The second kappa shape index (κ2) is 6.85. The van der Waals surface area contributed by atoms with E-state index in [0.717, 1.165) is 0 Å². The van der Waals surface area contributed by atoms with Crippen LogP contribution in [0.25, 0.3) is 0 Å². The molecule has 5 heteroatoms. The molecule has 0 aliphatic heterocycles. The van der Waals surface area contributed by atoms with E-state index in [2.05, 4.69) is 21.9 Å². The van der Waals surface area contributed by atoms with Crippen LogP contribution in [0.2, 0.25) is 0 Å². The summed E-state index contributed by atoms with van der Waals surface area (Å²) in [7, 11) is 1.30. The van der Waals surface area contributed by atoms with Gasteiger partial charge in [-0.05, 0) is 20.8 Å². The normalized spacial score (nSPS) is 10.0. The zero-order chi connectivity index (χ0) is 12.6. The molecule has 0 radical (unpaired) electrons. The van der Waals surface area contributed by atoms with Gasteiger partial charge in [-0.25, -0.2) is 4.79 Å². The van der Waals surface area contributed by atoms with Gasteiger partial charge in [-0.15, -0.1) is 0 Å². The molecule has 90 valence electrons. The number of esters is 2. The Morgan fingerprint density at radius 1 is 1.31 bits per heavy atom. The van der Waals surface area contributed by atoms with Crippen LogP contribution in [-0.2, 0) is 19.1 Å². The molecule has 0 fully saturated rings. The van der Waals surface area contributed by atoms with Crippen LogP contribution in [0.3, 0.4) is 0 Å². The second-order valence-electron chi connectivity index (χ2n) is 3.98. The SMILES string of the molecule is COC(=O)CNCC#CC(=O)OC(C)(C)C. The third-order valence-electron chi connectivity index (χ3n) is 1.30. The molecule has 5 nitrogen and oxygen atoms in total. The molecule has 0 amide bonds. The summed E-state index contributed by atoms with van der Waals surface area (Å²) in [5.74, 6) is 3.90. The molecule has 0 unspecified atom stereocenters. The van der Waals surface area contributed by atoms with Crippen molar-refractivity contribution in [2.24, 2.45) is 0 Å². The first-order valence-electron chi connectivity index (χ1n) is 4.84. The van der Waals surface area contributed by atoms with E-state index in [4.69, 9.17) is 4.74 Å². The lowest BCUT2D eigenvalue weighted by Crippen LogP contribution is -2.25.